The van der Waals surface area contributed by atoms with Crippen LogP contribution in [0.1, 0.15) is 29.7 Å². The second-order valence-corrected chi connectivity index (χ2v) is 7.06. The summed E-state index contributed by atoms with van der Waals surface area (Å²) in [6.07, 6.45) is 4.84. The maximum absolute atomic E-state index is 6.38. The van der Waals surface area contributed by atoms with Crippen LogP contribution in [0.4, 0.5) is 0 Å². The maximum atomic E-state index is 6.38. The Morgan fingerprint density at radius 3 is 2.62 bits per heavy atom. The molecule has 0 saturated heterocycles. The molecule has 1 saturated carbocycles. The zero-order valence-corrected chi connectivity index (χ0v) is 13.3. The summed E-state index contributed by atoms with van der Waals surface area (Å²) in [6.45, 7) is 2.09. The summed E-state index contributed by atoms with van der Waals surface area (Å²) in [5, 5.41) is 2.16. The molecule has 1 unspecified atom stereocenters. The van der Waals surface area contributed by atoms with Gasteiger partial charge in [-0.1, -0.05) is 36.4 Å². The zero-order valence-electron chi connectivity index (χ0n) is 12.4. The van der Waals surface area contributed by atoms with Crippen LogP contribution >= 0.6 is 11.3 Å². The van der Waals surface area contributed by atoms with Crippen molar-refractivity contribution in [1.82, 2.24) is 4.90 Å². The van der Waals surface area contributed by atoms with Crippen LogP contribution in [-0.4, -0.2) is 23.5 Å². The quantitative estimate of drug-likeness (QED) is 0.806. The first-order chi connectivity index (χ1) is 10.3. The Kier molecular flexibility index (Phi) is 5.07. The van der Waals surface area contributed by atoms with E-state index in [9.17, 15) is 0 Å². The Balaban J connectivity index is 1.48. The summed E-state index contributed by atoms with van der Waals surface area (Å²) in [4.78, 5) is 4.04. The minimum Gasteiger partial charge on any atom is -0.327 e. The van der Waals surface area contributed by atoms with E-state index in [1.54, 1.807) is 0 Å². The molecule has 0 radical (unpaired) electrons. The van der Waals surface area contributed by atoms with Crippen LogP contribution in [0.3, 0.4) is 0 Å². The molecule has 3 heteroatoms. The minimum absolute atomic E-state index is 0.269. The zero-order chi connectivity index (χ0) is 14.5. The molecule has 1 aromatic heterocycles. The molecule has 2 N–H and O–H groups in total. The first kappa shape index (κ1) is 14.8. The molecule has 3 rings (SSSR count). The van der Waals surface area contributed by atoms with Gasteiger partial charge < -0.3 is 5.73 Å². The lowest BCUT2D eigenvalue weighted by Gasteiger charge is -2.25. The van der Waals surface area contributed by atoms with E-state index in [-0.39, 0.29) is 6.04 Å². The highest BCUT2D eigenvalue weighted by atomic mass is 32.1. The molecule has 1 aliphatic rings. The summed E-state index contributed by atoms with van der Waals surface area (Å²) in [6, 6.07) is 16.1. The predicted molar refractivity (Wildman–Crippen MR) is 90.5 cm³/mol. The fourth-order valence-corrected chi connectivity index (χ4v) is 3.50. The van der Waals surface area contributed by atoms with Gasteiger partial charge in [-0.15, -0.1) is 11.3 Å². The normalized spacial score (nSPS) is 16.3. The topological polar surface area (TPSA) is 29.3 Å². The van der Waals surface area contributed by atoms with Gasteiger partial charge in [-0.25, -0.2) is 0 Å². The van der Waals surface area contributed by atoms with Gasteiger partial charge in [-0.05, 0) is 42.7 Å². The molecular formula is C18H24N2S. The van der Waals surface area contributed by atoms with Gasteiger partial charge in [0.15, 0.2) is 0 Å². The van der Waals surface area contributed by atoms with Crippen molar-refractivity contribution in [2.24, 2.45) is 5.73 Å². The second-order valence-electron chi connectivity index (χ2n) is 6.02. The highest BCUT2D eigenvalue weighted by Crippen LogP contribution is 2.29. The van der Waals surface area contributed by atoms with E-state index in [1.807, 2.05) is 11.3 Å². The van der Waals surface area contributed by atoms with Gasteiger partial charge in [-0.3, -0.25) is 4.90 Å². The van der Waals surface area contributed by atoms with E-state index >= 15 is 0 Å². The lowest BCUT2D eigenvalue weighted by atomic mass is 10.1. The van der Waals surface area contributed by atoms with E-state index in [1.165, 1.54) is 23.3 Å². The predicted octanol–water partition coefficient (Wildman–Crippen LogP) is 3.67. The Labute approximate surface area is 131 Å². The molecule has 0 spiro atoms. The van der Waals surface area contributed by atoms with E-state index in [0.717, 1.165) is 32.0 Å². The molecule has 0 amide bonds. The monoisotopic (exact) mass is 300 g/mol. The van der Waals surface area contributed by atoms with Crippen molar-refractivity contribution in [2.75, 3.05) is 6.54 Å². The Morgan fingerprint density at radius 2 is 1.95 bits per heavy atom. The van der Waals surface area contributed by atoms with Crippen molar-refractivity contribution in [3.63, 3.8) is 0 Å². The van der Waals surface area contributed by atoms with Crippen molar-refractivity contribution in [2.45, 2.75) is 44.3 Å². The van der Waals surface area contributed by atoms with E-state index in [2.05, 4.69) is 52.7 Å². The molecule has 0 bridgehead atoms. The third kappa shape index (κ3) is 4.67. The van der Waals surface area contributed by atoms with Crippen LogP contribution in [0.25, 0.3) is 0 Å². The number of hydrogen-bond acceptors (Lipinski definition) is 3. The highest BCUT2D eigenvalue weighted by molar-refractivity contribution is 7.09. The molecular weight excluding hydrogens is 276 g/mol. The number of nitrogens with zero attached hydrogens (tertiary/aromatic N) is 1. The van der Waals surface area contributed by atoms with Gasteiger partial charge in [-0.2, -0.15) is 0 Å². The SMILES string of the molecule is NC(CCc1ccccc1)CN(Cc1cccs1)C1CC1. The fraction of sp³-hybridized carbons (Fsp3) is 0.444. The molecule has 112 valence electrons. The molecule has 1 fully saturated rings. The van der Waals surface area contributed by atoms with Crippen LogP contribution in [-0.2, 0) is 13.0 Å². The summed E-state index contributed by atoms with van der Waals surface area (Å²) >= 11 is 1.85. The van der Waals surface area contributed by atoms with Crippen LogP contribution in [0.15, 0.2) is 47.8 Å². The number of rotatable bonds is 8. The smallest absolute Gasteiger partial charge is 0.0331 e. The summed E-state index contributed by atoms with van der Waals surface area (Å²) in [7, 11) is 0. The third-order valence-corrected chi connectivity index (χ3v) is 4.98. The van der Waals surface area contributed by atoms with Crippen molar-refractivity contribution in [3.8, 4) is 0 Å². The number of hydrogen-bond donors (Lipinski definition) is 1. The largest absolute Gasteiger partial charge is 0.327 e. The number of thiophene rings is 1. The first-order valence-electron chi connectivity index (χ1n) is 7.87. The molecule has 2 aromatic rings. The molecule has 1 heterocycles. The molecule has 1 aliphatic carbocycles. The Morgan fingerprint density at radius 1 is 1.14 bits per heavy atom. The van der Waals surface area contributed by atoms with E-state index < -0.39 is 0 Å². The molecule has 2 nitrogen and oxygen atoms in total. The summed E-state index contributed by atoms with van der Waals surface area (Å²) in [5.74, 6) is 0. The molecule has 1 aromatic carbocycles. The van der Waals surface area contributed by atoms with Gasteiger partial charge in [0.05, 0.1) is 0 Å². The highest BCUT2D eigenvalue weighted by Gasteiger charge is 2.29. The van der Waals surface area contributed by atoms with Crippen LogP contribution in [0, 0.1) is 0 Å². The van der Waals surface area contributed by atoms with Gasteiger partial charge in [0, 0.05) is 30.1 Å². The molecule has 21 heavy (non-hydrogen) atoms. The van der Waals surface area contributed by atoms with Crippen LogP contribution < -0.4 is 5.73 Å². The average molecular weight is 300 g/mol. The second kappa shape index (κ2) is 7.21. The molecule has 0 aliphatic heterocycles. The van der Waals surface area contributed by atoms with Crippen molar-refractivity contribution >= 4 is 11.3 Å². The van der Waals surface area contributed by atoms with Crippen molar-refractivity contribution < 1.29 is 0 Å². The average Bonchev–Trinajstić information content (AvgIpc) is 3.24. The van der Waals surface area contributed by atoms with Gasteiger partial charge in [0.2, 0.25) is 0 Å². The third-order valence-electron chi connectivity index (χ3n) is 4.12. The van der Waals surface area contributed by atoms with E-state index in [0.29, 0.717) is 0 Å². The standard InChI is InChI=1S/C18H24N2S/c19-16(9-8-15-5-2-1-3-6-15)13-20(17-10-11-17)14-18-7-4-12-21-18/h1-7,12,16-17H,8-11,13-14,19H2. The summed E-state index contributed by atoms with van der Waals surface area (Å²) in [5.41, 5.74) is 7.77. The first-order valence-corrected chi connectivity index (χ1v) is 8.75. The van der Waals surface area contributed by atoms with E-state index in [4.69, 9.17) is 5.73 Å². The fourth-order valence-electron chi connectivity index (χ4n) is 2.77. The van der Waals surface area contributed by atoms with Crippen molar-refractivity contribution in [1.29, 1.82) is 0 Å². The number of nitrogens with two attached hydrogens (primary N) is 1. The van der Waals surface area contributed by atoms with Gasteiger partial charge >= 0.3 is 0 Å². The van der Waals surface area contributed by atoms with Crippen LogP contribution in [0.5, 0.6) is 0 Å². The summed E-state index contributed by atoms with van der Waals surface area (Å²) < 4.78 is 0. The van der Waals surface area contributed by atoms with Crippen LogP contribution in [0.2, 0.25) is 0 Å². The molecule has 1 atom stereocenters. The Hall–Kier alpha value is -1.16. The number of aryl methyl sites for hydroxylation is 1. The van der Waals surface area contributed by atoms with Crippen molar-refractivity contribution in [3.05, 3.63) is 58.3 Å². The number of benzene rings is 1. The van der Waals surface area contributed by atoms with Gasteiger partial charge in [0.1, 0.15) is 0 Å². The van der Waals surface area contributed by atoms with Gasteiger partial charge in [0.25, 0.3) is 0 Å². The maximum Gasteiger partial charge on any atom is 0.0331 e. The minimum atomic E-state index is 0.269. The lowest BCUT2D eigenvalue weighted by Crippen LogP contribution is -2.38. The lowest BCUT2D eigenvalue weighted by molar-refractivity contribution is 0.236. The Bertz CT molecular complexity index is 519.